The lowest BCUT2D eigenvalue weighted by atomic mass is 10.0. The molecule has 0 amide bonds. The summed E-state index contributed by atoms with van der Waals surface area (Å²) in [6.45, 7) is 1.24. The van der Waals surface area contributed by atoms with E-state index in [9.17, 15) is 9.90 Å². The Morgan fingerprint density at radius 1 is 1.07 bits per heavy atom. The van der Waals surface area contributed by atoms with Crippen LogP contribution in [0.3, 0.4) is 0 Å². The molecule has 0 spiro atoms. The predicted molar refractivity (Wildman–Crippen MR) is 163 cm³/mol. The first-order chi connectivity index (χ1) is 21.9. The lowest BCUT2D eigenvalue weighted by molar-refractivity contribution is -0.0589. The summed E-state index contributed by atoms with van der Waals surface area (Å²) >= 11 is 1.47. The zero-order valence-corrected chi connectivity index (χ0v) is 24.5. The summed E-state index contributed by atoms with van der Waals surface area (Å²) in [5.74, 6) is -1.58. The maximum absolute atomic E-state index is 15.5. The molecule has 2 aromatic carbocycles. The third-order valence-corrected chi connectivity index (χ3v) is 8.60. The molecular weight excluding hydrogens is 600 g/mol. The van der Waals surface area contributed by atoms with E-state index in [2.05, 4.69) is 19.9 Å². The molecule has 0 radical (unpaired) electrons. The number of halogens is 2. The Bertz CT molecular complexity index is 2030. The fourth-order valence-electron chi connectivity index (χ4n) is 5.17. The number of aromatic nitrogens is 5. The lowest BCUT2D eigenvalue weighted by Gasteiger charge is -2.27. The fraction of sp³-hybridized carbons (Fsp3) is 0.182. The molecule has 7 rings (SSSR count). The zero-order chi connectivity index (χ0) is 30.9. The van der Waals surface area contributed by atoms with Crippen LogP contribution in [0.1, 0.15) is 33.2 Å². The molecule has 0 bridgehead atoms. The number of pyridine rings is 2. The number of carbonyl (C=O) groups is 1. The maximum atomic E-state index is 15.5. The summed E-state index contributed by atoms with van der Waals surface area (Å²) in [7, 11) is 0. The minimum absolute atomic E-state index is 0.00172. The molecule has 1 aliphatic rings. The van der Waals surface area contributed by atoms with Crippen molar-refractivity contribution in [2.75, 3.05) is 6.61 Å². The molecule has 45 heavy (non-hydrogen) atoms. The van der Waals surface area contributed by atoms with Crippen molar-refractivity contribution in [3.63, 3.8) is 0 Å². The van der Waals surface area contributed by atoms with Gasteiger partial charge in [-0.1, -0.05) is 12.1 Å². The van der Waals surface area contributed by atoms with Crippen LogP contribution >= 0.6 is 11.3 Å². The molecule has 0 saturated carbocycles. The number of hydrogen-bond donors (Lipinski definition) is 1. The van der Waals surface area contributed by atoms with Gasteiger partial charge in [-0.05, 0) is 54.4 Å². The Hall–Kier alpha value is -5.07. The van der Waals surface area contributed by atoms with Gasteiger partial charge in [0.1, 0.15) is 29.1 Å². The Morgan fingerprint density at radius 2 is 1.96 bits per heavy atom. The number of carboxylic acid groups (broad SMARTS) is 1. The van der Waals surface area contributed by atoms with Crippen molar-refractivity contribution >= 4 is 28.3 Å². The summed E-state index contributed by atoms with van der Waals surface area (Å²) in [6.07, 6.45) is 6.02. The monoisotopic (exact) mass is 625 g/mol. The third kappa shape index (κ3) is 6.02. The normalized spacial score (nSPS) is 14.4. The second kappa shape index (κ2) is 12.1. The molecule has 5 heterocycles. The van der Waals surface area contributed by atoms with Crippen LogP contribution < -0.4 is 4.74 Å². The van der Waals surface area contributed by atoms with E-state index in [1.54, 1.807) is 48.9 Å². The first kappa shape index (κ1) is 28.7. The van der Waals surface area contributed by atoms with E-state index in [1.165, 1.54) is 17.4 Å². The molecule has 0 aliphatic carbocycles. The summed E-state index contributed by atoms with van der Waals surface area (Å²) in [5.41, 5.74) is 2.58. The summed E-state index contributed by atoms with van der Waals surface area (Å²) in [4.78, 5) is 30.1. The fourth-order valence-corrected chi connectivity index (χ4v) is 5.99. The summed E-state index contributed by atoms with van der Waals surface area (Å²) in [5, 5.41) is 10.2. The van der Waals surface area contributed by atoms with Gasteiger partial charge in [0.2, 0.25) is 5.88 Å². The molecule has 1 unspecified atom stereocenters. The highest BCUT2D eigenvalue weighted by molar-refractivity contribution is 7.15. The van der Waals surface area contributed by atoms with Gasteiger partial charge in [-0.15, -0.1) is 11.3 Å². The van der Waals surface area contributed by atoms with Crippen LogP contribution in [0.5, 0.6) is 5.88 Å². The van der Waals surface area contributed by atoms with E-state index in [1.807, 2.05) is 16.7 Å². The topological polar surface area (TPSA) is 112 Å². The standard InChI is InChI=1S/C33H25F2N5O4S/c34-24-14-23(26-4-1-5-31(39-26)44-18-32-37-16-29(45-32)20-3-2-9-36-15-20)25(35)11-21(24)13-30-38-27-7-6-19(33(41)42)12-28(27)40(30)17-22-8-10-43-22/h1-7,9,11-12,14-16,22H,8,10,13,17-18H2,(H,41,42). The molecule has 6 aromatic rings. The average Bonchev–Trinajstić information content (AvgIpc) is 3.64. The summed E-state index contributed by atoms with van der Waals surface area (Å²) in [6, 6.07) is 15.6. The van der Waals surface area contributed by atoms with Crippen molar-refractivity contribution < 1.29 is 28.2 Å². The van der Waals surface area contributed by atoms with E-state index in [-0.39, 0.29) is 47.4 Å². The second-order valence-corrected chi connectivity index (χ2v) is 11.7. The highest BCUT2D eigenvalue weighted by Gasteiger charge is 2.24. The van der Waals surface area contributed by atoms with E-state index in [0.717, 1.165) is 34.0 Å². The SMILES string of the molecule is O=C(O)c1ccc2nc(Cc3cc(F)c(-c4cccc(OCc5ncc(-c6cccnc6)s5)n4)cc3F)n(CC3CCO3)c2c1. The van der Waals surface area contributed by atoms with Crippen molar-refractivity contribution in [2.24, 2.45) is 0 Å². The molecule has 1 aliphatic heterocycles. The Labute approximate surface area is 259 Å². The van der Waals surface area contributed by atoms with Crippen LogP contribution in [0.4, 0.5) is 8.78 Å². The summed E-state index contributed by atoms with van der Waals surface area (Å²) < 4.78 is 44.3. The van der Waals surface area contributed by atoms with Crippen LogP contribution in [-0.2, 0) is 24.3 Å². The van der Waals surface area contributed by atoms with Gasteiger partial charge in [0.25, 0.3) is 0 Å². The molecule has 1 atom stereocenters. The van der Waals surface area contributed by atoms with Crippen molar-refractivity contribution in [3.05, 3.63) is 113 Å². The van der Waals surface area contributed by atoms with E-state index in [4.69, 9.17) is 9.47 Å². The quantitative estimate of drug-likeness (QED) is 0.182. The number of ether oxygens (including phenoxy) is 2. The molecule has 1 saturated heterocycles. The predicted octanol–water partition coefficient (Wildman–Crippen LogP) is 6.55. The van der Waals surface area contributed by atoms with Gasteiger partial charge in [0.15, 0.2) is 0 Å². The highest BCUT2D eigenvalue weighted by atomic mass is 32.1. The van der Waals surface area contributed by atoms with Crippen molar-refractivity contribution in [1.82, 2.24) is 24.5 Å². The van der Waals surface area contributed by atoms with Gasteiger partial charge in [-0.2, -0.15) is 0 Å². The van der Waals surface area contributed by atoms with Gasteiger partial charge in [-0.3, -0.25) is 4.98 Å². The zero-order valence-electron chi connectivity index (χ0n) is 23.7. The van der Waals surface area contributed by atoms with Crippen molar-refractivity contribution in [2.45, 2.75) is 32.1 Å². The molecule has 4 aromatic heterocycles. The average molecular weight is 626 g/mol. The molecule has 12 heteroatoms. The molecule has 9 nitrogen and oxygen atoms in total. The van der Waals surface area contributed by atoms with Crippen LogP contribution in [0.15, 0.2) is 79.3 Å². The highest BCUT2D eigenvalue weighted by Crippen LogP contribution is 2.30. The number of thiazole rings is 1. The van der Waals surface area contributed by atoms with Gasteiger partial charge >= 0.3 is 5.97 Å². The molecule has 1 fully saturated rings. The first-order valence-electron chi connectivity index (χ1n) is 14.2. The number of nitrogens with zero attached hydrogens (tertiary/aromatic N) is 5. The molecule has 226 valence electrons. The number of hydrogen-bond acceptors (Lipinski definition) is 8. The number of fused-ring (bicyclic) bond motifs is 1. The van der Waals surface area contributed by atoms with Gasteiger partial charge in [0.05, 0.1) is 39.8 Å². The Kier molecular flexibility index (Phi) is 7.74. The molecule has 1 N–H and O–H groups in total. The minimum Gasteiger partial charge on any atom is -0.478 e. The van der Waals surface area contributed by atoms with Gasteiger partial charge < -0.3 is 19.1 Å². The van der Waals surface area contributed by atoms with Crippen molar-refractivity contribution in [3.8, 4) is 27.6 Å². The van der Waals surface area contributed by atoms with E-state index < -0.39 is 17.6 Å². The van der Waals surface area contributed by atoms with E-state index in [0.29, 0.717) is 30.0 Å². The Morgan fingerprint density at radius 3 is 2.73 bits per heavy atom. The maximum Gasteiger partial charge on any atom is 0.335 e. The van der Waals surface area contributed by atoms with Crippen LogP contribution in [0.2, 0.25) is 0 Å². The van der Waals surface area contributed by atoms with Crippen molar-refractivity contribution in [1.29, 1.82) is 0 Å². The minimum atomic E-state index is -1.06. The first-order valence-corrected chi connectivity index (χ1v) is 15.0. The van der Waals surface area contributed by atoms with Crippen LogP contribution in [0.25, 0.3) is 32.7 Å². The van der Waals surface area contributed by atoms with Crippen LogP contribution in [0, 0.1) is 11.6 Å². The largest absolute Gasteiger partial charge is 0.478 e. The molecular formula is C33H25F2N5O4S. The third-order valence-electron chi connectivity index (χ3n) is 7.58. The van der Waals surface area contributed by atoms with Gasteiger partial charge in [-0.25, -0.2) is 28.5 Å². The second-order valence-electron chi connectivity index (χ2n) is 10.5. The number of imidazole rings is 1. The number of benzene rings is 2. The lowest BCUT2D eigenvalue weighted by Crippen LogP contribution is -2.31. The number of carboxylic acids is 1. The number of aromatic carboxylic acids is 1. The van der Waals surface area contributed by atoms with E-state index >= 15 is 8.78 Å². The smallest absolute Gasteiger partial charge is 0.335 e. The Balaban J connectivity index is 1.11. The van der Waals surface area contributed by atoms with Gasteiger partial charge in [0, 0.05) is 48.8 Å². The number of rotatable bonds is 10. The van der Waals surface area contributed by atoms with Crippen LogP contribution in [-0.4, -0.2) is 48.3 Å².